The summed E-state index contributed by atoms with van der Waals surface area (Å²) in [6.45, 7) is 7.04. The summed E-state index contributed by atoms with van der Waals surface area (Å²) >= 11 is 0. The summed E-state index contributed by atoms with van der Waals surface area (Å²) in [6.07, 6.45) is 11.6. The minimum Gasteiger partial charge on any atom is -0.469 e. The van der Waals surface area contributed by atoms with Gasteiger partial charge in [-0.3, -0.25) is 9.69 Å². The largest absolute Gasteiger partial charge is 0.469 e. The van der Waals surface area contributed by atoms with Gasteiger partial charge >= 0.3 is 12.1 Å². The van der Waals surface area contributed by atoms with Gasteiger partial charge in [0.2, 0.25) is 0 Å². The average molecular weight is 465 g/mol. The van der Waals surface area contributed by atoms with Crippen LogP contribution in [0.1, 0.15) is 64.2 Å². The molecule has 2 atom stereocenters. The van der Waals surface area contributed by atoms with Gasteiger partial charge < -0.3 is 24.2 Å². The van der Waals surface area contributed by atoms with Crippen LogP contribution in [0.5, 0.6) is 0 Å². The van der Waals surface area contributed by atoms with Crippen LogP contribution in [0.25, 0.3) is 0 Å². The highest BCUT2D eigenvalue weighted by Gasteiger charge is 2.39. The number of carbonyl (C=O) groups excluding carboxylic acids is 2. The van der Waals surface area contributed by atoms with Crippen molar-refractivity contribution in [1.29, 1.82) is 0 Å². The Morgan fingerprint density at radius 2 is 1.76 bits per heavy atom. The summed E-state index contributed by atoms with van der Waals surface area (Å²) in [5.41, 5.74) is 0. The lowest BCUT2D eigenvalue weighted by Crippen LogP contribution is -2.57. The smallest absolute Gasteiger partial charge is 0.411 e. The molecule has 4 aliphatic rings. The van der Waals surface area contributed by atoms with E-state index < -0.39 is 0 Å². The van der Waals surface area contributed by atoms with Gasteiger partial charge in [0, 0.05) is 45.2 Å². The number of esters is 1. The Kier molecular flexibility index (Phi) is 8.88. The summed E-state index contributed by atoms with van der Waals surface area (Å²) in [6, 6.07) is 1.32. The van der Waals surface area contributed by atoms with E-state index in [2.05, 4.69) is 14.7 Å². The quantitative estimate of drug-likeness (QED) is 0.344. The highest BCUT2D eigenvalue weighted by molar-refractivity contribution is 5.69. The highest BCUT2D eigenvalue weighted by atomic mass is 16.6. The molecule has 1 aliphatic carbocycles. The molecule has 0 N–H and O–H groups in total. The molecular formula is C25H44N4O4. The van der Waals surface area contributed by atoms with Crippen molar-refractivity contribution in [2.24, 2.45) is 5.92 Å². The second-order valence-corrected chi connectivity index (χ2v) is 10.6. The van der Waals surface area contributed by atoms with Gasteiger partial charge in [0.15, 0.2) is 6.23 Å². The molecule has 33 heavy (non-hydrogen) atoms. The van der Waals surface area contributed by atoms with Gasteiger partial charge in [0.05, 0.1) is 13.7 Å². The number of hydrogen-bond acceptors (Lipinski definition) is 7. The Bertz CT molecular complexity index is 650. The molecule has 8 nitrogen and oxygen atoms in total. The van der Waals surface area contributed by atoms with Gasteiger partial charge in [-0.1, -0.05) is 19.3 Å². The maximum atomic E-state index is 12.0. The first kappa shape index (κ1) is 24.7. The van der Waals surface area contributed by atoms with Crippen LogP contribution >= 0.6 is 0 Å². The van der Waals surface area contributed by atoms with Crippen LogP contribution in [0.2, 0.25) is 0 Å². The fraction of sp³-hybridized carbons (Fsp3) is 0.920. The zero-order chi connectivity index (χ0) is 23.2. The second-order valence-electron chi connectivity index (χ2n) is 10.6. The van der Waals surface area contributed by atoms with Crippen molar-refractivity contribution in [1.82, 2.24) is 19.6 Å². The van der Waals surface area contributed by atoms with Crippen molar-refractivity contribution in [2.45, 2.75) is 82.5 Å². The summed E-state index contributed by atoms with van der Waals surface area (Å²) in [7, 11) is 3.27. The molecule has 0 aromatic carbocycles. The van der Waals surface area contributed by atoms with Crippen LogP contribution in [0.15, 0.2) is 0 Å². The van der Waals surface area contributed by atoms with Gasteiger partial charge in [0.25, 0.3) is 0 Å². The molecule has 2 unspecified atom stereocenters. The SMILES string of the molecule is COC(=O)CCCN1CCN(C2CN(C)C(=O)O2)C(CCCCC2CCN(C3CC3)CC2)C1. The Labute approximate surface area is 199 Å². The van der Waals surface area contributed by atoms with Crippen molar-refractivity contribution in [3.63, 3.8) is 0 Å². The first-order chi connectivity index (χ1) is 16.0. The lowest BCUT2D eigenvalue weighted by molar-refractivity contribution is -0.140. The monoisotopic (exact) mass is 464 g/mol. The molecule has 0 spiro atoms. The van der Waals surface area contributed by atoms with E-state index in [0.717, 1.165) is 51.0 Å². The number of methoxy groups -OCH3 is 1. The molecule has 0 radical (unpaired) electrons. The molecular weight excluding hydrogens is 420 g/mol. The molecule has 3 saturated heterocycles. The van der Waals surface area contributed by atoms with Crippen molar-refractivity contribution >= 4 is 12.1 Å². The molecule has 0 aromatic heterocycles. The Morgan fingerprint density at radius 1 is 1.00 bits per heavy atom. The van der Waals surface area contributed by atoms with Crippen LogP contribution in [-0.4, -0.2) is 110 Å². The molecule has 188 valence electrons. The average Bonchev–Trinajstić information content (AvgIpc) is 3.62. The zero-order valence-corrected chi connectivity index (χ0v) is 20.8. The number of hydrogen-bond donors (Lipinski definition) is 0. The molecule has 3 heterocycles. The minimum atomic E-state index is -0.211. The topological polar surface area (TPSA) is 65.6 Å². The maximum Gasteiger partial charge on any atom is 0.411 e. The fourth-order valence-electron chi connectivity index (χ4n) is 5.91. The second kappa shape index (κ2) is 11.8. The standard InChI is InChI=1S/C25H44N4O4/c1-26-19-23(33-25(26)31)29-17-16-27(13-5-8-24(30)32-2)18-22(29)7-4-3-6-20-11-14-28(15-12-20)21-9-10-21/h20-23H,3-19H2,1-2H3. The van der Waals surface area contributed by atoms with Gasteiger partial charge in [-0.2, -0.15) is 0 Å². The van der Waals surface area contributed by atoms with Gasteiger partial charge in [0.1, 0.15) is 0 Å². The minimum absolute atomic E-state index is 0.128. The number of carbonyl (C=O) groups is 2. The van der Waals surface area contributed by atoms with Crippen molar-refractivity contribution in [2.75, 3.05) is 60.0 Å². The molecule has 4 fully saturated rings. The molecule has 1 amide bonds. The third kappa shape index (κ3) is 7.06. The fourth-order valence-corrected chi connectivity index (χ4v) is 5.91. The van der Waals surface area contributed by atoms with E-state index in [9.17, 15) is 9.59 Å². The Hall–Kier alpha value is -1.38. The van der Waals surface area contributed by atoms with E-state index in [1.807, 2.05) is 7.05 Å². The van der Waals surface area contributed by atoms with Gasteiger partial charge in [-0.15, -0.1) is 0 Å². The van der Waals surface area contributed by atoms with Crippen LogP contribution in [0.4, 0.5) is 4.79 Å². The van der Waals surface area contributed by atoms with Crippen molar-refractivity contribution in [3.05, 3.63) is 0 Å². The molecule has 0 bridgehead atoms. The molecule has 0 aromatic rings. The number of piperazine rings is 1. The summed E-state index contributed by atoms with van der Waals surface area (Å²) in [5.74, 6) is 0.774. The number of cyclic esters (lactones) is 1. The predicted molar refractivity (Wildman–Crippen MR) is 127 cm³/mol. The predicted octanol–water partition coefficient (Wildman–Crippen LogP) is 2.77. The third-order valence-corrected chi connectivity index (χ3v) is 8.16. The Balaban J connectivity index is 1.21. The van der Waals surface area contributed by atoms with Gasteiger partial charge in [-0.25, -0.2) is 4.79 Å². The molecule has 1 saturated carbocycles. The number of rotatable bonds is 11. The normalized spacial score (nSPS) is 28.3. The number of ether oxygens (including phenoxy) is 2. The molecule has 4 rings (SSSR count). The van der Waals surface area contributed by atoms with E-state index in [-0.39, 0.29) is 18.3 Å². The van der Waals surface area contributed by atoms with E-state index in [1.165, 1.54) is 65.1 Å². The maximum absolute atomic E-state index is 12.0. The number of nitrogens with zero attached hydrogens (tertiary/aromatic N) is 4. The number of likely N-dealkylation sites (N-methyl/N-ethyl adjacent to an activating group) is 1. The van der Waals surface area contributed by atoms with Gasteiger partial charge in [-0.05, 0) is 64.1 Å². The van der Waals surface area contributed by atoms with Crippen LogP contribution in [-0.2, 0) is 14.3 Å². The summed E-state index contributed by atoms with van der Waals surface area (Å²) in [5, 5.41) is 0. The van der Waals surface area contributed by atoms with Crippen molar-refractivity contribution < 1.29 is 19.1 Å². The zero-order valence-electron chi connectivity index (χ0n) is 20.8. The highest BCUT2D eigenvalue weighted by Crippen LogP contribution is 2.32. The number of unbranched alkanes of at least 4 members (excludes halogenated alkanes) is 1. The van der Waals surface area contributed by atoms with E-state index >= 15 is 0 Å². The lowest BCUT2D eigenvalue weighted by atomic mass is 9.90. The van der Waals surface area contributed by atoms with E-state index in [4.69, 9.17) is 9.47 Å². The Morgan fingerprint density at radius 3 is 2.42 bits per heavy atom. The number of amides is 1. The van der Waals surface area contributed by atoms with Crippen LogP contribution in [0.3, 0.4) is 0 Å². The van der Waals surface area contributed by atoms with E-state index in [0.29, 0.717) is 19.0 Å². The first-order valence-corrected chi connectivity index (χ1v) is 13.2. The summed E-state index contributed by atoms with van der Waals surface area (Å²) in [4.78, 5) is 32.7. The molecule has 3 aliphatic heterocycles. The number of piperidine rings is 1. The van der Waals surface area contributed by atoms with Crippen LogP contribution in [0, 0.1) is 5.92 Å². The summed E-state index contributed by atoms with van der Waals surface area (Å²) < 4.78 is 10.5. The molecule has 8 heteroatoms. The van der Waals surface area contributed by atoms with Crippen molar-refractivity contribution in [3.8, 4) is 0 Å². The number of likely N-dealkylation sites (tertiary alicyclic amines) is 1. The third-order valence-electron chi connectivity index (χ3n) is 8.16. The van der Waals surface area contributed by atoms with Crippen LogP contribution < -0.4 is 0 Å². The van der Waals surface area contributed by atoms with E-state index in [1.54, 1.807) is 4.90 Å². The first-order valence-electron chi connectivity index (χ1n) is 13.2. The lowest BCUT2D eigenvalue weighted by Gasteiger charge is -2.43.